The molecule has 1 unspecified atom stereocenters. The van der Waals surface area contributed by atoms with E-state index in [1.807, 2.05) is 6.08 Å². The van der Waals surface area contributed by atoms with E-state index in [0.717, 1.165) is 64.2 Å². The number of hydrogen-bond donors (Lipinski definition) is 0. The molecule has 0 aliphatic heterocycles. The van der Waals surface area contributed by atoms with Gasteiger partial charge in [-0.25, -0.2) is 0 Å². The van der Waals surface area contributed by atoms with Crippen molar-refractivity contribution in [3.05, 3.63) is 48.6 Å². The van der Waals surface area contributed by atoms with Crippen LogP contribution in [0.25, 0.3) is 0 Å². The summed E-state index contributed by atoms with van der Waals surface area (Å²) in [5.74, 6) is -0.948. The molecule has 0 aromatic carbocycles. The summed E-state index contributed by atoms with van der Waals surface area (Å²) < 4.78 is 16.9. The number of unbranched alkanes of at least 4 members (excludes halogenated alkanes) is 46. The lowest BCUT2D eigenvalue weighted by atomic mass is 10.0. The van der Waals surface area contributed by atoms with Gasteiger partial charge in [-0.15, -0.1) is 0 Å². The highest BCUT2D eigenvalue weighted by atomic mass is 16.6. The van der Waals surface area contributed by atoms with Crippen LogP contribution in [0.15, 0.2) is 48.6 Å². The van der Waals surface area contributed by atoms with E-state index in [4.69, 9.17) is 14.2 Å². The predicted molar refractivity (Wildman–Crippen MR) is 344 cm³/mol. The minimum absolute atomic E-state index is 0.0897. The number of ether oxygens (including phenoxy) is 3. The van der Waals surface area contributed by atoms with Gasteiger partial charge >= 0.3 is 17.9 Å². The molecule has 0 saturated carbocycles. The Balaban J connectivity index is 4.24. The average Bonchev–Trinajstić information content (AvgIpc) is 3.45. The predicted octanol–water partition coefficient (Wildman–Crippen LogP) is 24.1. The van der Waals surface area contributed by atoms with Crippen molar-refractivity contribution in [3.8, 4) is 0 Å². The zero-order valence-electron chi connectivity index (χ0n) is 53.2. The Morgan fingerprint density at radius 3 is 0.772 bits per heavy atom. The van der Waals surface area contributed by atoms with Crippen LogP contribution in [0.2, 0.25) is 0 Å². The third-order valence-corrected chi connectivity index (χ3v) is 15.9. The number of esters is 3. The van der Waals surface area contributed by atoms with Gasteiger partial charge in [0, 0.05) is 19.3 Å². The third kappa shape index (κ3) is 66.1. The van der Waals surface area contributed by atoms with Crippen LogP contribution >= 0.6 is 0 Å². The average molecular weight is 1110 g/mol. The van der Waals surface area contributed by atoms with Gasteiger partial charge in [0.1, 0.15) is 13.2 Å². The molecule has 0 rings (SSSR count). The Morgan fingerprint density at radius 2 is 0.494 bits per heavy atom. The van der Waals surface area contributed by atoms with E-state index in [-0.39, 0.29) is 37.5 Å². The smallest absolute Gasteiger partial charge is 0.306 e. The molecule has 0 aromatic rings. The molecule has 0 fully saturated rings. The second kappa shape index (κ2) is 67.9. The zero-order valence-corrected chi connectivity index (χ0v) is 53.2. The Morgan fingerprint density at radius 1 is 0.266 bits per heavy atom. The molecule has 0 saturated heterocycles. The van der Waals surface area contributed by atoms with Gasteiger partial charge < -0.3 is 14.2 Å². The molecule has 0 bridgehead atoms. The van der Waals surface area contributed by atoms with Crippen LogP contribution in [0.4, 0.5) is 0 Å². The first-order valence-corrected chi connectivity index (χ1v) is 35.1. The van der Waals surface area contributed by atoms with Crippen molar-refractivity contribution < 1.29 is 28.6 Å². The number of rotatable bonds is 65. The molecule has 0 amide bonds. The van der Waals surface area contributed by atoms with Gasteiger partial charge in [-0.05, 0) is 44.9 Å². The third-order valence-electron chi connectivity index (χ3n) is 15.9. The standard InChI is InChI=1S/C73H134O6/c1-4-7-10-13-16-19-22-25-27-29-31-33-35-36-37-38-40-41-43-45-48-51-54-57-60-63-66-72(75)78-69-70(68-77-71(74)65-62-59-56-53-50-47-24-21-18-15-12-9-6-3)79-73(76)67-64-61-58-55-52-49-46-44-42-39-34-32-30-28-26-23-20-17-14-11-8-5-2/h9,12,18,21,47,50,56,59,70H,4-8,10-11,13-17,19-20,22-46,48-49,51-55,57-58,60-69H2,1-3H3/b12-9-,21-18-,50-47-,59-56-. The molecule has 6 heteroatoms. The maximum absolute atomic E-state index is 12.9. The largest absolute Gasteiger partial charge is 0.462 e. The van der Waals surface area contributed by atoms with Crippen LogP contribution in [0.1, 0.15) is 380 Å². The van der Waals surface area contributed by atoms with Crippen LogP contribution in [-0.2, 0) is 28.6 Å². The van der Waals surface area contributed by atoms with Crippen LogP contribution in [0, 0.1) is 0 Å². The van der Waals surface area contributed by atoms with Crippen molar-refractivity contribution in [3.63, 3.8) is 0 Å². The van der Waals surface area contributed by atoms with E-state index in [9.17, 15) is 14.4 Å². The number of hydrogen-bond acceptors (Lipinski definition) is 6. The molecule has 0 radical (unpaired) electrons. The number of allylic oxidation sites excluding steroid dienone is 8. The van der Waals surface area contributed by atoms with E-state index in [1.54, 1.807) is 0 Å². The Hall–Kier alpha value is -2.63. The summed E-state index contributed by atoms with van der Waals surface area (Å²) >= 11 is 0. The number of carbonyl (C=O) groups is 3. The second-order valence-corrected chi connectivity index (χ2v) is 23.8. The van der Waals surface area contributed by atoms with Gasteiger partial charge in [0.15, 0.2) is 6.10 Å². The fourth-order valence-electron chi connectivity index (χ4n) is 10.6. The monoisotopic (exact) mass is 1110 g/mol. The first kappa shape index (κ1) is 76.4. The van der Waals surface area contributed by atoms with Gasteiger partial charge in [-0.1, -0.05) is 365 Å². The summed E-state index contributed by atoms with van der Waals surface area (Å²) in [7, 11) is 0. The summed E-state index contributed by atoms with van der Waals surface area (Å²) in [5.41, 5.74) is 0. The molecular formula is C73H134O6. The Labute approximate surface area is 492 Å². The maximum Gasteiger partial charge on any atom is 0.306 e. The summed E-state index contributed by atoms with van der Waals surface area (Å²) in [4.78, 5) is 38.3. The van der Waals surface area contributed by atoms with Crippen LogP contribution in [0.3, 0.4) is 0 Å². The van der Waals surface area contributed by atoms with Crippen molar-refractivity contribution in [1.82, 2.24) is 0 Å². The van der Waals surface area contributed by atoms with Crippen LogP contribution in [0.5, 0.6) is 0 Å². The fourth-order valence-corrected chi connectivity index (χ4v) is 10.6. The van der Waals surface area contributed by atoms with Crippen molar-refractivity contribution >= 4 is 17.9 Å². The molecule has 79 heavy (non-hydrogen) atoms. The molecular weight excluding hydrogens is 973 g/mol. The highest BCUT2D eigenvalue weighted by Gasteiger charge is 2.19. The quantitative estimate of drug-likeness (QED) is 0.0261. The highest BCUT2D eigenvalue weighted by molar-refractivity contribution is 5.71. The van der Waals surface area contributed by atoms with Gasteiger partial charge in [0.05, 0.1) is 0 Å². The highest BCUT2D eigenvalue weighted by Crippen LogP contribution is 2.19. The summed E-state index contributed by atoms with van der Waals surface area (Å²) in [6.07, 6.45) is 86.0. The summed E-state index contributed by atoms with van der Waals surface area (Å²) in [5, 5.41) is 0. The fraction of sp³-hybridized carbons (Fsp3) is 0.849. The lowest BCUT2D eigenvalue weighted by Crippen LogP contribution is -2.30. The van der Waals surface area contributed by atoms with Crippen molar-refractivity contribution in [2.24, 2.45) is 0 Å². The molecule has 0 spiro atoms. The second-order valence-electron chi connectivity index (χ2n) is 23.8. The van der Waals surface area contributed by atoms with E-state index >= 15 is 0 Å². The topological polar surface area (TPSA) is 78.9 Å². The van der Waals surface area contributed by atoms with Gasteiger partial charge in [0.2, 0.25) is 0 Å². The van der Waals surface area contributed by atoms with Crippen LogP contribution in [-0.4, -0.2) is 37.2 Å². The van der Waals surface area contributed by atoms with Gasteiger partial charge in [0.25, 0.3) is 0 Å². The van der Waals surface area contributed by atoms with E-state index in [2.05, 4.69) is 63.3 Å². The van der Waals surface area contributed by atoms with Gasteiger partial charge in [-0.2, -0.15) is 0 Å². The van der Waals surface area contributed by atoms with E-state index < -0.39 is 6.10 Å². The minimum atomic E-state index is -0.800. The molecule has 0 aromatic heterocycles. The van der Waals surface area contributed by atoms with Crippen molar-refractivity contribution in [1.29, 1.82) is 0 Å². The number of carbonyl (C=O) groups excluding carboxylic acids is 3. The minimum Gasteiger partial charge on any atom is -0.462 e. The first-order valence-electron chi connectivity index (χ1n) is 35.1. The van der Waals surface area contributed by atoms with Crippen LogP contribution < -0.4 is 0 Å². The molecule has 6 nitrogen and oxygen atoms in total. The van der Waals surface area contributed by atoms with Crippen molar-refractivity contribution in [2.75, 3.05) is 13.2 Å². The molecule has 0 heterocycles. The molecule has 0 aliphatic carbocycles. The molecule has 0 N–H and O–H groups in total. The van der Waals surface area contributed by atoms with E-state index in [1.165, 1.54) is 270 Å². The molecule has 0 aliphatic rings. The van der Waals surface area contributed by atoms with Crippen molar-refractivity contribution in [2.45, 2.75) is 386 Å². The zero-order chi connectivity index (χ0) is 57.1. The Kier molecular flexibility index (Phi) is 65.6. The lowest BCUT2D eigenvalue weighted by molar-refractivity contribution is -0.166. The Bertz CT molecular complexity index is 1360. The van der Waals surface area contributed by atoms with Gasteiger partial charge in [-0.3, -0.25) is 14.4 Å². The molecule has 462 valence electrons. The lowest BCUT2D eigenvalue weighted by Gasteiger charge is -2.18. The molecule has 1 atom stereocenters. The summed E-state index contributed by atoms with van der Waals surface area (Å²) in [6.45, 7) is 6.54. The normalized spacial score (nSPS) is 12.3. The summed E-state index contributed by atoms with van der Waals surface area (Å²) in [6, 6.07) is 0. The SMILES string of the molecule is CC/C=C\C/C=C\C/C=C\C/C=C\CCC(=O)OCC(COC(=O)CCCCCCCCCCCCCCCCCCCCCCCCCCCC)OC(=O)CCCCCCCCCCCCCCCCCCCCCCCC. The first-order chi connectivity index (χ1) is 39.0. The maximum atomic E-state index is 12.9. The van der Waals surface area contributed by atoms with E-state index in [0.29, 0.717) is 19.3 Å².